The monoisotopic (exact) mass is 302 g/mol. The number of anilines is 1. The van der Waals surface area contributed by atoms with Gasteiger partial charge in [-0.15, -0.1) is 0 Å². The molecule has 2 aromatic heterocycles. The van der Waals surface area contributed by atoms with E-state index in [1.165, 1.54) is 19.2 Å². The standard InChI is InChI=1S/C11H9F3N4OS/c1-19-7-4-9(18-10(15)17-7)20-8-3-2-6(5-16-8)11(12,13)14/h2-5H,1H3,(H2,15,17,18). The largest absolute Gasteiger partial charge is 0.481 e. The summed E-state index contributed by atoms with van der Waals surface area (Å²) < 4.78 is 42.1. The lowest BCUT2D eigenvalue weighted by Gasteiger charge is -2.07. The van der Waals surface area contributed by atoms with Crippen molar-refractivity contribution in [1.29, 1.82) is 0 Å². The van der Waals surface area contributed by atoms with Crippen LogP contribution < -0.4 is 10.5 Å². The molecule has 0 aromatic carbocycles. The first-order chi connectivity index (χ1) is 9.38. The molecule has 0 saturated heterocycles. The number of aromatic nitrogens is 3. The summed E-state index contributed by atoms with van der Waals surface area (Å²) in [5, 5.41) is 0.791. The number of hydrogen-bond donors (Lipinski definition) is 1. The second-order valence-electron chi connectivity index (χ2n) is 3.59. The summed E-state index contributed by atoms with van der Waals surface area (Å²) >= 11 is 1.06. The van der Waals surface area contributed by atoms with Crippen LogP contribution in [-0.4, -0.2) is 22.1 Å². The quantitative estimate of drug-likeness (QED) is 0.879. The van der Waals surface area contributed by atoms with E-state index >= 15 is 0 Å². The molecule has 0 saturated carbocycles. The third-order valence-corrected chi connectivity index (χ3v) is 3.05. The zero-order valence-corrected chi connectivity index (χ0v) is 11.0. The van der Waals surface area contributed by atoms with Gasteiger partial charge in [-0.1, -0.05) is 0 Å². The maximum Gasteiger partial charge on any atom is 0.417 e. The number of rotatable bonds is 3. The topological polar surface area (TPSA) is 73.9 Å². The Morgan fingerprint density at radius 1 is 1.20 bits per heavy atom. The minimum absolute atomic E-state index is 0.0127. The van der Waals surface area contributed by atoms with E-state index in [0.717, 1.165) is 24.0 Å². The molecule has 0 fully saturated rings. The van der Waals surface area contributed by atoms with Gasteiger partial charge in [0.1, 0.15) is 10.1 Å². The highest BCUT2D eigenvalue weighted by atomic mass is 32.2. The van der Waals surface area contributed by atoms with Gasteiger partial charge in [0.15, 0.2) is 0 Å². The van der Waals surface area contributed by atoms with Crippen molar-refractivity contribution >= 4 is 17.7 Å². The normalized spacial score (nSPS) is 11.4. The summed E-state index contributed by atoms with van der Waals surface area (Å²) in [6.07, 6.45) is -3.64. The maximum absolute atomic E-state index is 12.4. The van der Waals surface area contributed by atoms with E-state index in [4.69, 9.17) is 10.5 Å². The summed E-state index contributed by atoms with van der Waals surface area (Å²) in [5.74, 6) is 0.283. The Morgan fingerprint density at radius 2 is 1.95 bits per heavy atom. The lowest BCUT2D eigenvalue weighted by Crippen LogP contribution is -2.05. The van der Waals surface area contributed by atoms with Crippen LogP contribution in [0.4, 0.5) is 19.1 Å². The van der Waals surface area contributed by atoms with Gasteiger partial charge in [-0.05, 0) is 23.9 Å². The van der Waals surface area contributed by atoms with Crippen LogP contribution in [0.2, 0.25) is 0 Å². The molecule has 2 N–H and O–H groups in total. The minimum Gasteiger partial charge on any atom is -0.481 e. The van der Waals surface area contributed by atoms with E-state index in [-0.39, 0.29) is 11.8 Å². The Labute approximate surface area is 116 Å². The zero-order chi connectivity index (χ0) is 14.8. The van der Waals surface area contributed by atoms with Crippen molar-refractivity contribution in [3.05, 3.63) is 30.0 Å². The fraction of sp³-hybridized carbons (Fsp3) is 0.182. The van der Waals surface area contributed by atoms with Crippen molar-refractivity contribution in [3.63, 3.8) is 0 Å². The van der Waals surface area contributed by atoms with E-state index in [2.05, 4.69) is 15.0 Å². The molecule has 9 heteroatoms. The van der Waals surface area contributed by atoms with Gasteiger partial charge >= 0.3 is 6.18 Å². The molecule has 2 rings (SSSR count). The third-order valence-electron chi connectivity index (χ3n) is 2.18. The average molecular weight is 302 g/mol. The van der Waals surface area contributed by atoms with Gasteiger partial charge in [0.25, 0.3) is 0 Å². The fourth-order valence-corrected chi connectivity index (χ4v) is 2.05. The van der Waals surface area contributed by atoms with Gasteiger partial charge < -0.3 is 10.5 Å². The van der Waals surface area contributed by atoms with Crippen LogP contribution in [0, 0.1) is 0 Å². The van der Waals surface area contributed by atoms with Crippen LogP contribution in [0.15, 0.2) is 34.4 Å². The van der Waals surface area contributed by atoms with Crippen LogP contribution in [0.3, 0.4) is 0 Å². The minimum atomic E-state index is -4.40. The summed E-state index contributed by atoms with van der Waals surface area (Å²) in [5.41, 5.74) is 4.68. The van der Waals surface area contributed by atoms with Crippen LogP contribution in [0.25, 0.3) is 0 Å². The summed E-state index contributed by atoms with van der Waals surface area (Å²) in [6, 6.07) is 3.73. The number of nitrogen functional groups attached to an aromatic ring is 1. The molecule has 5 nitrogen and oxygen atoms in total. The first-order valence-corrected chi connectivity index (χ1v) is 6.10. The average Bonchev–Trinajstić information content (AvgIpc) is 2.37. The Kier molecular flexibility index (Phi) is 3.98. The van der Waals surface area contributed by atoms with Gasteiger partial charge in [-0.2, -0.15) is 18.2 Å². The molecule has 0 radical (unpaired) electrons. The summed E-state index contributed by atoms with van der Waals surface area (Å²) in [7, 11) is 1.42. The second-order valence-corrected chi connectivity index (χ2v) is 4.63. The number of halogens is 3. The first-order valence-electron chi connectivity index (χ1n) is 5.28. The number of nitrogens with zero attached hydrogens (tertiary/aromatic N) is 3. The summed E-state index contributed by atoms with van der Waals surface area (Å²) in [6.45, 7) is 0. The molecule has 20 heavy (non-hydrogen) atoms. The van der Waals surface area contributed by atoms with E-state index in [1.807, 2.05) is 0 Å². The number of ether oxygens (including phenoxy) is 1. The van der Waals surface area contributed by atoms with Crippen molar-refractivity contribution in [1.82, 2.24) is 15.0 Å². The smallest absolute Gasteiger partial charge is 0.417 e. The highest BCUT2D eigenvalue weighted by molar-refractivity contribution is 7.99. The van der Waals surface area contributed by atoms with Crippen molar-refractivity contribution in [2.24, 2.45) is 0 Å². The highest BCUT2D eigenvalue weighted by Gasteiger charge is 2.30. The van der Waals surface area contributed by atoms with Crippen molar-refractivity contribution in [2.75, 3.05) is 12.8 Å². The number of hydrogen-bond acceptors (Lipinski definition) is 6. The lowest BCUT2D eigenvalue weighted by atomic mass is 10.3. The molecule has 0 aliphatic carbocycles. The third kappa shape index (κ3) is 3.50. The highest BCUT2D eigenvalue weighted by Crippen LogP contribution is 2.31. The molecule has 0 atom stereocenters. The Hall–Kier alpha value is -2.03. The van der Waals surface area contributed by atoms with E-state index in [0.29, 0.717) is 10.1 Å². The van der Waals surface area contributed by atoms with Crippen molar-refractivity contribution in [2.45, 2.75) is 16.2 Å². The molecule has 2 aromatic rings. The molecule has 0 bridgehead atoms. The maximum atomic E-state index is 12.4. The Balaban J connectivity index is 2.20. The second kappa shape index (κ2) is 5.53. The summed E-state index contributed by atoms with van der Waals surface area (Å²) in [4.78, 5) is 11.5. The van der Waals surface area contributed by atoms with Crippen LogP contribution in [0.5, 0.6) is 5.88 Å². The van der Waals surface area contributed by atoms with Gasteiger partial charge in [-0.25, -0.2) is 9.97 Å². The van der Waals surface area contributed by atoms with Crippen LogP contribution >= 0.6 is 11.8 Å². The predicted octanol–water partition coefficient (Wildman–Crippen LogP) is 2.63. The predicted molar refractivity (Wildman–Crippen MR) is 66.4 cm³/mol. The zero-order valence-electron chi connectivity index (χ0n) is 10.2. The van der Waals surface area contributed by atoms with Crippen molar-refractivity contribution < 1.29 is 17.9 Å². The van der Waals surface area contributed by atoms with E-state index < -0.39 is 11.7 Å². The molecule has 0 unspecified atom stereocenters. The van der Waals surface area contributed by atoms with Crippen LogP contribution in [-0.2, 0) is 6.18 Å². The fourth-order valence-electron chi connectivity index (χ4n) is 1.29. The van der Waals surface area contributed by atoms with E-state index in [9.17, 15) is 13.2 Å². The Bertz CT molecular complexity index is 604. The van der Waals surface area contributed by atoms with E-state index in [1.54, 1.807) is 0 Å². The number of methoxy groups -OCH3 is 1. The lowest BCUT2D eigenvalue weighted by molar-refractivity contribution is -0.137. The van der Waals surface area contributed by atoms with Gasteiger partial charge in [0.2, 0.25) is 11.8 Å². The first kappa shape index (κ1) is 14.4. The Morgan fingerprint density at radius 3 is 2.50 bits per heavy atom. The van der Waals surface area contributed by atoms with Crippen molar-refractivity contribution in [3.8, 4) is 5.88 Å². The molecule has 106 valence electrons. The van der Waals surface area contributed by atoms with Gasteiger partial charge in [-0.3, -0.25) is 0 Å². The van der Waals surface area contributed by atoms with Gasteiger partial charge in [0.05, 0.1) is 12.7 Å². The SMILES string of the molecule is COc1cc(Sc2ccc(C(F)(F)F)cn2)nc(N)n1. The molecule has 0 aliphatic rings. The van der Waals surface area contributed by atoms with Gasteiger partial charge in [0, 0.05) is 12.3 Å². The number of alkyl halides is 3. The molecular weight excluding hydrogens is 293 g/mol. The number of pyridine rings is 1. The number of nitrogens with two attached hydrogens (primary N) is 1. The molecule has 2 heterocycles. The van der Waals surface area contributed by atoms with Crippen LogP contribution in [0.1, 0.15) is 5.56 Å². The molecular formula is C11H9F3N4OS. The molecule has 0 aliphatic heterocycles. The molecule has 0 amide bonds. The molecule has 0 spiro atoms.